The van der Waals surface area contributed by atoms with Crippen LogP contribution in [0, 0.1) is 5.82 Å². The lowest BCUT2D eigenvalue weighted by molar-refractivity contribution is 0.0954. The van der Waals surface area contributed by atoms with Crippen LogP contribution >= 0.6 is 0 Å². The third-order valence-electron chi connectivity index (χ3n) is 6.81. The van der Waals surface area contributed by atoms with Crippen molar-refractivity contribution in [2.75, 3.05) is 24.5 Å². The fourth-order valence-electron chi connectivity index (χ4n) is 4.92. The molecule has 0 aliphatic carbocycles. The molecule has 0 bridgehead atoms. The van der Waals surface area contributed by atoms with Crippen molar-refractivity contribution in [1.82, 2.24) is 15.3 Å². The fraction of sp³-hybridized carbons (Fsp3) is 0.133. The van der Waals surface area contributed by atoms with E-state index in [1.807, 2.05) is 24.4 Å². The van der Waals surface area contributed by atoms with E-state index in [4.69, 9.17) is 0 Å². The second-order valence-electron chi connectivity index (χ2n) is 9.02. The minimum Gasteiger partial charge on any atom is -0.369 e. The molecule has 2 N–H and O–H groups in total. The molecule has 3 aromatic carbocycles. The molecule has 0 spiro atoms. The summed E-state index contributed by atoms with van der Waals surface area (Å²) in [7, 11) is 0. The molecule has 2 aromatic heterocycles. The third-order valence-corrected chi connectivity index (χ3v) is 6.81. The van der Waals surface area contributed by atoms with E-state index >= 15 is 0 Å². The summed E-state index contributed by atoms with van der Waals surface area (Å²) in [5.41, 5.74) is 7.75. The fourth-order valence-corrected chi connectivity index (χ4v) is 4.92. The molecule has 0 unspecified atom stereocenters. The number of pyridine rings is 1. The SMILES string of the molecule is O=C(NCCN1CCc2ccccc21)c1ccnc(-c2ccc3[nH]cc(-c4ccc(F)cc4)c3c2)c1. The molecule has 0 saturated heterocycles. The molecule has 0 radical (unpaired) electrons. The lowest BCUT2D eigenvalue weighted by Gasteiger charge is -2.19. The van der Waals surface area contributed by atoms with Crippen LogP contribution in [0.2, 0.25) is 0 Å². The number of H-pyrrole nitrogens is 1. The Morgan fingerprint density at radius 3 is 2.72 bits per heavy atom. The van der Waals surface area contributed by atoms with E-state index in [1.54, 1.807) is 24.4 Å². The first-order valence-corrected chi connectivity index (χ1v) is 12.1. The Morgan fingerprint density at radius 1 is 1.00 bits per heavy atom. The van der Waals surface area contributed by atoms with E-state index in [1.165, 1.54) is 23.4 Å². The molecule has 0 fully saturated rings. The number of nitrogens with one attached hydrogen (secondary N) is 2. The molecule has 1 aliphatic heterocycles. The predicted molar refractivity (Wildman–Crippen MR) is 142 cm³/mol. The minimum atomic E-state index is -0.260. The van der Waals surface area contributed by atoms with E-state index in [0.717, 1.165) is 52.8 Å². The highest BCUT2D eigenvalue weighted by molar-refractivity contribution is 5.98. The van der Waals surface area contributed by atoms with Gasteiger partial charge < -0.3 is 15.2 Å². The quantitative estimate of drug-likeness (QED) is 0.324. The lowest BCUT2D eigenvalue weighted by atomic mass is 10.0. The van der Waals surface area contributed by atoms with Crippen LogP contribution in [0.25, 0.3) is 33.3 Å². The van der Waals surface area contributed by atoms with Crippen LogP contribution in [0.5, 0.6) is 0 Å². The molecular formula is C30H25FN4O. The molecule has 1 amide bonds. The third kappa shape index (κ3) is 4.22. The number of halogens is 1. The number of amides is 1. The topological polar surface area (TPSA) is 61.0 Å². The van der Waals surface area contributed by atoms with Gasteiger partial charge in [0.25, 0.3) is 5.91 Å². The average Bonchev–Trinajstić information content (AvgIpc) is 3.53. The number of para-hydroxylation sites is 1. The summed E-state index contributed by atoms with van der Waals surface area (Å²) in [4.78, 5) is 23.0. The van der Waals surface area contributed by atoms with Gasteiger partial charge in [0, 0.05) is 65.3 Å². The van der Waals surface area contributed by atoms with Crippen LogP contribution in [0.3, 0.4) is 0 Å². The molecular weight excluding hydrogens is 451 g/mol. The number of rotatable bonds is 6. The van der Waals surface area contributed by atoms with Crippen LogP contribution in [0.4, 0.5) is 10.1 Å². The molecule has 0 atom stereocenters. The zero-order valence-corrected chi connectivity index (χ0v) is 19.7. The number of carbonyl (C=O) groups is 1. The zero-order chi connectivity index (χ0) is 24.5. The van der Waals surface area contributed by atoms with Gasteiger partial charge in [-0.15, -0.1) is 0 Å². The van der Waals surface area contributed by atoms with Crippen LogP contribution in [0.15, 0.2) is 91.3 Å². The van der Waals surface area contributed by atoms with E-state index < -0.39 is 0 Å². The minimum absolute atomic E-state index is 0.110. The highest BCUT2D eigenvalue weighted by atomic mass is 19.1. The Hall–Kier alpha value is -4.45. The number of benzene rings is 3. The average molecular weight is 477 g/mol. The summed E-state index contributed by atoms with van der Waals surface area (Å²) in [5.74, 6) is -0.371. The maximum atomic E-state index is 13.4. The van der Waals surface area contributed by atoms with Gasteiger partial charge >= 0.3 is 0 Å². The van der Waals surface area contributed by atoms with Gasteiger partial charge in [-0.1, -0.05) is 36.4 Å². The molecule has 5 aromatic rings. The van der Waals surface area contributed by atoms with Crippen molar-refractivity contribution in [1.29, 1.82) is 0 Å². The summed E-state index contributed by atoms with van der Waals surface area (Å²) < 4.78 is 13.4. The van der Waals surface area contributed by atoms with E-state index in [9.17, 15) is 9.18 Å². The number of aromatic amines is 1. The maximum Gasteiger partial charge on any atom is 0.251 e. The summed E-state index contributed by atoms with van der Waals surface area (Å²) in [6.45, 7) is 2.33. The second-order valence-corrected chi connectivity index (χ2v) is 9.02. The van der Waals surface area contributed by atoms with Crippen molar-refractivity contribution >= 4 is 22.5 Å². The number of hydrogen-bond donors (Lipinski definition) is 2. The van der Waals surface area contributed by atoms with Gasteiger partial charge in [0.1, 0.15) is 5.82 Å². The lowest BCUT2D eigenvalue weighted by Crippen LogP contribution is -2.34. The van der Waals surface area contributed by atoms with E-state index in [2.05, 4.69) is 50.5 Å². The largest absolute Gasteiger partial charge is 0.369 e. The number of fused-ring (bicyclic) bond motifs is 2. The molecule has 6 rings (SSSR count). The first-order valence-electron chi connectivity index (χ1n) is 12.1. The molecule has 178 valence electrons. The van der Waals surface area contributed by atoms with Gasteiger partial charge in [0.05, 0.1) is 5.69 Å². The number of anilines is 1. The van der Waals surface area contributed by atoms with Crippen LogP contribution < -0.4 is 10.2 Å². The van der Waals surface area contributed by atoms with Crippen molar-refractivity contribution in [2.24, 2.45) is 0 Å². The molecule has 1 aliphatic rings. The number of carbonyl (C=O) groups excluding carboxylic acids is 1. The van der Waals surface area contributed by atoms with Crippen LogP contribution in [-0.2, 0) is 6.42 Å². The molecule has 6 heteroatoms. The molecule has 0 saturated carbocycles. The van der Waals surface area contributed by atoms with Crippen LogP contribution in [-0.4, -0.2) is 35.5 Å². The Morgan fingerprint density at radius 2 is 1.83 bits per heavy atom. The number of aromatic nitrogens is 2. The maximum absolute atomic E-state index is 13.4. The van der Waals surface area contributed by atoms with Crippen molar-refractivity contribution in [2.45, 2.75) is 6.42 Å². The first kappa shape index (κ1) is 22.0. The van der Waals surface area contributed by atoms with Gasteiger partial charge in [0.2, 0.25) is 0 Å². The van der Waals surface area contributed by atoms with Gasteiger partial charge in [0.15, 0.2) is 0 Å². The highest BCUT2D eigenvalue weighted by Crippen LogP contribution is 2.32. The molecule has 3 heterocycles. The van der Waals surface area contributed by atoms with Crippen molar-refractivity contribution < 1.29 is 9.18 Å². The Bertz CT molecular complexity index is 1560. The predicted octanol–water partition coefficient (Wildman–Crippen LogP) is 5.83. The zero-order valence-electron chi connectivity index (χ0n) is 19.7. The number of nitrogens with zero attached hydrogens (tertiary/aromatic N) is 2. The summed E-state index contributed by atoms with van der Waals surface area (Å²) >= 11 is 0. The normalized spacial score (nSPS) is 12.6. The standard InChI is InChI=1S/C30H25FN4O/c31-24-8-5-20(6-9-24)26-19-34-27-10-7-22(17-25(26)27)28-18-23(11-13-32-28)30(36)33-14-16-35-15-12-21-3-1-2-4-29(21)35/h1-11,13,17-19,34H,12,14-16H2,(H,33,36). The van der Waals surface area contributed by atoms with Gasteiger partial charge in [-0.2, -0.15) is 0 Å². The van der Waals surface area contributed by atoms with E-state index in [0.29, 0.717) is 12.1 Å². The van der Waals surface area contributed by atoms with Crippen molar-refractivity contribution in [3.8, 4) is 22.4 Å². The molecule has 36 heavy (non-hydrogen) atoms. The molecule has 5 nitrogen and oxygen atoms in total. The number of hydrogen-bond acceptors (Lipinski definition) is 3. The summed E-state index contributed by atoms with van der Waals surface area (Å²) in [6, 6.07) is 24.5. The highest BCUT2D eigenvalue weighted by Gasteiger charge is 2.18. The van der Waals surface area contributed by atoms with Gasteiger partial charge in [-0.3, -0.25) is 9.78 Å². The summed E-state index contributed by atoms with van der Waals surface area (Å²) in [6.07, 6.45) is 4.65. The first-order chi connectivity index (χ1) is 17.7. The van der Waals surface area contributed by atoms with Gasteiger partial charge in [-0.05, 0) is 60.0 Å². The van der Waals surface area contributed by atoms with Crippen LogP contribution in [0.1, 0.15) is 15.9 Å². The van der Waals surface area contributed by atoms with Crippen molar-refractivity contribution in [3.63, 3.8) is 0 Å². The monoisotopic (exact) mass is 476 g/mol. The second kappa shape index (κ2) is 9.30. The summed E-state index contributed by atoms with van der Waals surface area (Å²) in [5, 5.41) is 4.07. The Labute approximate surface area is 208 Å². The van der Waals surface area contributed by atoms with Gasteiger partial charge in [-0.25, -0.2) is 4.39 Å². The Balaban J connectivity index is 1.18. The smallest absolute Gasteiger partial charge is 0.251 e. The van der Waals surface area contributed by atoms with E-state index in [-0.39, 0.29) is 11.7 Å². The Kier molecular flexibility index (Phi) is 5.70. The van der Waals surface area contributed by atoms with Crippen molar-refractivity contribution in [3.05, 3.63) is 108 Å².